The summed E-state index contributed by atoms with van der Waals surface area (Å²) in [6.45, 7) is 17.2. The molecule has 2 aliphatic carbocycles. The van der Waals surface area contributed by atoms with Crippen LogP contribution >= 0.6 is 18.7 Å². The van der Waals surface area contributed by atoms with Gasteiger partial charge in [0.15, 0.2) is 5.13 Å². The molecule has 0 spiro atoms. The maximum absolute atomic E-state index is 15.0. The topological polar surface area (TPSA) is 191 Å². The average Bonchev–Trinajstić information content (AvgIpc) is 3.64. The van der Waals surface area contributed by atoms with E-state index >= 15 is 0 Å². The molecule has 4 aromatic rings. The third-order valence-electron chi connectivity index (χ3n) is 12.2. The van der Waals surface area contributed by atoms with Crippen LogP contribution in [0, 0.1) is 11.3 Å². The van der Waals surface area contributed by atoms with Crippen LogP contribution in [0.25, 0.3) is 22.3 Å². The van der Waals surface area contributed by atoms with E-state index in [-0.39, 0.29) is 43.8 Å². The molecule has 350 valence electrons. The van der Waals surface area contributed by atoms with Gasteiger partial charge in [0.25, 0.3) is 0 Å². The molecule has 15 nitrogen and oxygen atoms in total. The van der Waals surface area contributed by atoms with E-state index in [9.17, 15) is 23.8 Å². The Morgan fingerprint density at radius 1 is 1.03 bits per heavy atom. The molecule has 3 fully saturated rings. The fourth-order valence-electron chi connectivity index (χ4n) is 8.77. The second-order valence-electron chi connectivity index (χ2n) is 19.1. The van der Waals surface area contributed by atoms with Gasteiger partial charge < -0.3 is 44.7 Å². The quantitative estimate of drug-likeness (QED) is 0.0582. The monoisotopic (exact) mass is 930 g/mol. The Balaban J connectivity index is 1.22. The summed E-state index contributed by atoms with van der Waals surface area (Å²) < 4.78 is 38.8. The number of carbonyl (C=O) groups is 3. The molecule has 3 heterocycles. The number of carbonyl (C=O) groups excluding carboxylic acids is 3. The Labute approximate surface area is 385 Å². The van der Waals surface area contributed by atoms with E-state index < -0.39 is 60.1 Å². The van der Waals surface area contributed by atoms with Gasteiger partial charge >= 0.3 is 6.09 Å². The molecule has 3 aliphatic rings. The summed E-state index contributed by atoms with van der Waals surface area (Å²) in [5.74, 6) is -0.0976. The zero-order valence-electron chi connectivity index (χ0n) is 38.6. The second-order valence-corrected chi connectivity index (χ2v) is 22.4. The van der Waals surface area contributed by atoms with Crippen molar-refractivity contribution in [2.75, 3.05) is 19.0 Å². The lowest BCUT2D eigenvalue weighted by atomic mass is 9.85. The van der Waals surface area contributed by atoms with Crippen LogP contribution in [0.1, 0.15) is 92.6 Å². The van der Waals surface area contributed by atoms with Gasteiger partial charge in [0, 0.05) is 46.8 Å². The fraction of sp³-hybridized carbons (Fsp3) is 0.521. The molecule has 2 aromatic heterocycles. The molecule has 0 radical (unpaired) electrons. The standard InChI is InChI=1S/C48H63N6O9PS/c1-10-31-24-48(31,64(58,59)26-30-15-11-14-18-40(30)61-29(4)5)53-43(55)39-22-34(25-54(39)44(56)42(47(6,7)8)52-46(57)63-32-16-12-13-17-32)62-41-23-37(38-27-65-45(51-38)49-28(2)3)50-36-21-33(60-9)19-20-35(36)41/h10-11,14-15,18-21,23,27-29,31-32,34,39,42H,1,12-13,16-17,22,24-26H2,2-9H3,(H,49,51)(H,52,57)(H,53,55)(H,58,59)/t31-,34-,39+,42-,48+/m1/s1. The number of fused-ring (bicyclic) bond motifs is 1. The maximum Gasteiger partial charge on any atom is 0.408 e. The largest absolute Gasteiger partial charge is 0.497 e. The van der Waals surface area contributed by atoms with Crippen LogP contribution in [-0.2, 0) is 25.1 Å². The SMILES string of the molecule is C=C[C@@H]1C[C@]1(NC(=O)[C@@H]1C[C@@H](Oc2cc(-c3csc(NC(C)C)n3)nc3cc(OC)ccc23)CN1C(=O)[C@@H](NC(=O)OC1CCCC1)C(C)(C)C)P(=O)(O)Cc1ccccc1OC(C)C. The van der Waals surface area contributed by atoms with E-state index in [0.717, 1.165) is 30.8 Å². The zero-order valence-corrected chi connectivity index (χ0v) is 40.3. The van der Waals surface area contributed by atoms with E-state index in [1.807, 2.05) is 66.0 Å². The van der Waals surface area contributed by atoms with Crippen molar-refractivity contribution in [3.8, 4) is 28.6 Å². The number of pyridine rings is 1. The average molecular weight is 931 g/mol. The lowest BCUT2D eigenvalue weighted by molar-refractivity contribution is -0.142. The minimum atomic E-state index is -4.23. The lowest BCUT2D eigenvalue weighted by Gasteiger charge is -2.36. The molecule has 0 bridgehead atoms. The number of likely N-dealkylation sites (tertiary alicyclic amines) is 1. The van der Waals surface area contributed by atoms with Gasteiger partial charge in [-0.2, -0.15) is 0 Å². The first kappa shape index (κ1) is 47.8. The van der Waals surface area contributed by atoms with E-state index in [1.54, 1.807) is 49.6 Å². The molecule has 3 amide bonds. The molecule has 1 aliphatic heterocycles. The van der Waals surface area contributed by atoms with E-state index in [1.165, 1.54) is 16.2 Å². The first-order valence-electron chi connectivity index (χ1n) is 22.5. The number of alkyl carbamates (subject to hydrolysis) is 1. The number of nitrogens with one attached hydrogen (secondary N) is 3. The summed E-state index contributed by atoms with van der Waals surface area (Å²) in [4.78, 5) is 66.4. The van der Waals surface area contributed by atoms with Gasteiger partial charge in [-0.05, 0) is 83.4 Å². The van der Waals surface area contributed by atoms with Crippen molar-refractivity contribution in [3.63, 3.8) is 0 Å². The number of anilines is 1. The van der Waals surface area contributed by atoms with Gasteiger partial charge in [-0.15, -0.1) is 17.9 Å². The van der Waals surface area contributed by atoms with Gasteiger partial charge in [0.05, 0.1) is 37.1 Å². The highest BCUT2D eigenvalue weighted by Gasteiger charge is 2.66. The molecule has 4 N–H and O–H groups in total. The smallest absolute Gasteiger partial charge is 0.408 e. The first-order valence-corrected chi connectivity index (χ1v) is 25.2. The Bertz CT molecular complexity index is 2450. The maximum atomic E-state index is 15.0. The van der Waals surface area contributed by atoms with Gasteiger partial charge in [-0.1, -0.05) is 45.0 Å². The molecule has 6 atom stereocenters. The van der Waals surface area contributed by atoms with Gasteiger partial charge in [-0.25, -0.2) is 14.8 Å². The Kier molecular flexibility index (Phi) is 14.2. The highest BCUT2D eigenvalue weighted by molar-refractivity contribution is 7.59. The van der Waals surface area contributed by atoms with Crippen molar-refractivity contribution in [2.45, 2.75) is 135 Å². The third kappa shape index (κ3) is 10.8. The number of thiazole rings is 1. The molecule has 1 saturated heterocycles. The molecule has 65 heavy (non-hydrogen) atoms. The fourth-order valence-corrected chi connectivity index (χ4v) is 12.0. The predicted molar refractivity (Wildman–Crippen MR) is 253 cm³/mol. The molecule has 2 aromatic carbocycles. The van der Waals surface area contributed by atoms with Crippen LogP contribution in [0.15, 0.2) is 66.6 Å². The molecular formula is C48H63N6O9PS. The summed E-state index contributed by atoms with van der Waals surface area (Å²) in [5, 5.41) is 11.0. The lowest BCUT2D eigenvalue weighted by Crippen LogP contribution is -2.58. The van der Waals surface area contributed by atoms with E-state index in [2.05, 4.69) is 22.5 Å². The van der Waals surface area contributed by atoms with Crippen molar-refractivity contribution in [3.05, 3.63) is 72.1 Å². The van der Waals surface area contributed by atoms with E-state index in [0.29, 0.717) is 45.1 Å². The van der Waals surface area contributed by atoms with Crippen LogP contribution in [0.4, 0.5) is 9.93 Å². The molecule has 1 unspecified atom stereocenters. The number of aromatic nitrogens is 2. The van der Waals surface area contributed by atoms with Crippen molar-refractivity contribution in [2.24, 2.45) is 11.3 Å². The van der Waals surface area contributed by atoms with Crippen molar-refractivity contribution >= 4 is 52.6 Å². The van der Waals surface area contributed by atoms with Crippen LogP contribution in [0.3, 0.4) is 0 Å². The number of benzene rings is 2. The van der Waals surface area contributed by atoms with Crippen molar-refractivity contribution in [1.29, 1.82) is 0 Å². The zero-order chi connectivity index (χ0) is 46.8. The minimum Gasteiger partial charge on any atom is -0.497 e. The number of rotatable bonds is 17. The van der Waals surface area contributed by atoms with Crippen molar-refractivity contribution in [1.82, 2.24) is 25.5 Å². The molecule has 17 heteroatoms. The van der Waals surface area contributed by atoms with Gasteiger partial charge in [-0.3, -0.25) is 14.2 Å². The predicted octanol–water partition coefficient (Wildman–Crippen LogP) is 8.90. The number of hydrogen-bond donors (Lipinski definition) is 4. The Hall–Kier alpha value is -5.18. The van der Waals surface area contributed by atoms with Crippen LogP contribution in [0.5, 0.6) is 17.2 Å². The van der Waals surface area contributed by atoms with E-state index in [4.69, 9.17) is 28.9 Å². The number of hydrogen-bond acceptors (Lipinski definition) is 12. The number of amides is 3. The molecular weight excluding hydrogens is 868 g/mol. The summed E-state index contributed by atoms with van der Waals surface area (Å²) in [7, 11) is -2.65. The highest BCUT2D eigenvalue weighted by atomic mass is 32.1. The number of nitrogens with zero attached hydrogens (tertiary/aromatic N) is 3. The molecule has 7 rings (SSSR count). The normalized spacial score (nSPS) is 22.3. The van der Waals surface area contributed by atoms with Gasteiger partial charge in [0.2, 0.25) is 19.2 Å². The second kappa shape index (κ2) is 19.3. The van der Waals surface area contributed by atoms with Crippen LogP contribution in [-0.4, -0.2) is 93.0 Å². The Morgan fingerprint density at radius 2 is 1.77 bits per heavy atom. The van der Waals surface area contributed by atoms with Crippen LogP contribution < -0.4 is 30.2 Å². The summed E-state index contributed by atoms with van der Waals surface area (Å²) in [6.07, 6.45) is 3.13. The Morgan fingerprint density at radius 3 is 2.43 bits per heavy atom. The first-order chi connectivity index (χ1) is 30.8. The minimum absolute atomic E-state index is 0.0328. The van der Waals surface area contributed by atoms with Crippen LogP contribution in [0.2, 0.25) is 0 Å². The summed E-state index contributed by atoms with van der Waals surface area (Å²) in [6, 6.07) is 12.3. The summed E-state index contributed by atoms with van der Waals surface area (Å²) in [5.41, 5.74) is 1.51. The number of methoxy groups -OCH3 is 1. The van der Waals surface area contributed by atoms with Crippen molar-refractivity contribution < 1.29 is 42.8 Å². The highest BCUT2D eigenvalue weighted by Crippen LogP contribution is 2.71. The number of para-hydroxylation sites is 1. The number of ether oxygens (including phenoxy) is 4. The third-order valence-corrected chi connectivity index (χ3v) is 15.6. The van der Waals surface area contributed by atoms with Gasteiger partial charge in [0.1, 0.15) is 52.5 Å². The summed E-state index contributed by atoms with van der Waals surface area (Å²) >= 11 is 1.46. The molecule has 2 saturated carbocycles.